The summed E-state index contributed by atoms with van der Waals surface area (Å²) in [6.45, 7) is 6.92. The van der Waals surface area contributed by atoms with E-state index in [2.05, 4.69) is 39.8 Å². The number of carbonyl (C=O) groups is 1. The van der Waals surface area contributed by atoms with E-state index in [0.717, 1.165) is 51.5 Å². The highest BCUT2D eigenvalue weighted by Crippen LogP contribution is 2.20. The fourth-order valence-electron chi connectivity index (χ4n) is 3.52. The van der Waals surface area contributed by atoms with Crippen molar-refractivity contribution in [3.05, 3.63) is 35.4 Å². The maximum Gasteiger partial charge on any atom is 0.237 e. The van der Waals surface area contributed by atoms with E-state index < -0.39 is 0 Å². The Morgan fingerprint density at radius 1 is 1.41 bits per heavy atom. The lowest BCUT2D eigenvalue weighted by atomic mass is 9.98. The zero-order valence-electron chi connectivity index (χ0n) is 13.5. The van der Waals surface area contributed by atoms with E-state index in [-0.39, 0.29) is 11.9 Å². The third-order valence-corrected chi connectivity index (χ3v) is 5.10. The summed E-state index contributed by atoms with van der Waals surface area (Å²) in [6, 6.07) is 8.52. The molecule has 0 aromatic heterocycles. The first-order valence-electron chi connectivity index (χ1n) is 8.53. The Balaban J connectivity index is 1.46. The molecule has 2 atom stereocenters. The second-order valence-electron chi connectivity index (χ2n) is 6.60. The maximum absolute atomic E-state index is 12.4. The van der Waals surface area contributed by atoms with Crippen LogP contribution in [-0.2, 0) is 17.8 Å². The standard InChI is InChI=1S/C18H27N3O/c1-14(18(22)20-10-7-15-6-9-19-12-15)21-11-8-16-4-2-3-5-17(16)13-21/h2-5,14-15,19H,6-13H2,1H3,(H,20,22). The summed E-state index contributed by atoms with van der Waals surface area (Å²) in [5.74, 6) is 0.905. The molecule has 1 amide bonds. The topological polar surface area (TPSA) is 44.4 Å². The lowest BCUT2D eigenvalue weighted by Crippen LogP contribution is -2.47. The summed E-state index contributed by atoms with van der Waals surface area (Å²) >= 11 is 0. The molecule has 0 aliphatic carbocycles. The largest absolute Gasteiger partial charge is 0.355 e. The van der Waals surface area contributed by atoms with E-state index in [0.29, 0.717) is 0 Å². The Kier molecular flexibility index (Phi) is 5.11. The van der Waals surface area contributed by atoms with Crippen LogP contribution in [0.4, 0.5) is 0 Å². The van der Waals surface area contributed by atoms with Crippen LogP contribution in [0, 0.1) is 5.92 Å². The van der Waals surface area contributed by atoms with Crippen LogP contribution in [-0.4, -0.2) is 43.0 Å². The predicted molar refractivity (Wildman–Crippen MR) is 88.6 cm³/mol. The minimum Gasteiger partial charge on any atom is -0.355 e. The second-order valence-corrected chi connectivity index (χ2v) is 6.60. The average Bonchev–Trinajstić information content (AvgIpc) is 3.07. The summed E-state index contributed by atoms with van der Waals surface area (Å²) in [7, 11) is 0. The number of benzene rings is 1. The van der Waals surface area contributed by atoms with E-state index in [9.17, 15) is 4.79 Å². The molecule has 0 saturated carbocycles. The van der Waals surface area contributed by atoms with Gasteiger partial charge in [-0.1, -0.05) is 24.3 Å². The van der Waals surface area contributed by atoms with E-state index in [1.807, 2.05) is 6.92 Å². The van der Waals surface area contributed by atoms with Crippen LogP contribution in [0.1, 0.15) is 30.9 Å². The van der Waals surface area contributed by atoms with Gasteiger partial charge in [-0.05, 0) is 56.3 Å². The van der Waals surface area contributed by atoms with Gasteiger partial charge in [0, 0.05) is 19.6 Å². The van der Waals surface area contributed by atoms with Crippen molar-refractivity contribution in [3.8, 4) is 0 Å². The molecule has 2 aliphatic rings. The lowest BCUT2D eigenvalue weighted by molar-refractivity contribution is -0.126. The van der Waals surface area contributed by atoms with Crippen molar-refractivity contribution in [2.45, 2.75) is 38.8 Å². The highest BCUT2D eigenvalue weighted by atomic mass is 16.2. The first kappa shape index (κ1) is 15.5. The van der Waals surface area contributed by atoms with Gasteiger partial charge in [0.25, 0.3) is 0 Å². The van der Waals surface area contributed by atoms with E-state index in [1.54, 1.807) is 0 Å². The fraction of sp³-hybridized carbons (Fsp3) is 0.611. The lowest BCUT2D eigenvalue weighted by Gasteiger charge is -2.33. The van der Waals surface area contributed by atoms with Gasteiger partial charge in [-0.2, -0.15) is 0 Å². The molecule has 2 aliphatic heterocycles. The van der Waals surface area contributed by atoms with Crippen LogP contribution in [0.15, 0.2) is 24.3 Å². The molecule has 2 heterocycles. The fourth-order valence-corrected chi connectivity index (χ4v) is 3.52. The summed E-state index contributed by atoms with van der Waals surface area (Å²) in [5.41, 5.74) is 2.80. The Bertz CT molecular complexity index is 511. The van der Waals surface area contributed by atoms with Crippen molar-refractivity contribution in [3.63, 3.8) is 0 Å². The highest BCUT2D eigenvalue weighted by Gasteiger charge is 2.25. The number of amides is 1. The quantitative estimate of drug-likeness (QED) is 0.867. The molecule has 120 valence electrons. The monoisotopic (exact) mass is 301 g/mol. The molecule has 2 N–H and O–H groups in total. The van der Waals surface area contributed by atoms with Crippen molar-refractivity contribution in [2.24, 2.45) is 5.92 Å². The molecule has 0 bridgehead atoms. The molecule has 3 rings (SSSR count). The Morgan fingerprint density at radius 3 is 3.00 bits per heavy atom. The average molecular weight is 301 g/mol. The third-order valence-electron chi connectivity index (χ3n) is 5.10. The summed E-state index contributed by atoms with van der Waals surface area (Å²) < 4.78 is 0. The minimum atomic E-state index is -0.0462. The Morgan fingerprint density at radius 2 is 2.23 bits per heavy atom. The van der Waals surface area contributed by atoms with Crippen molar-refractivity contribution < 1.29 is 4.79 Å². The molecule has 4 nitrogen and oxygen atoms in total. The molecule has 22 heavy (non-hydrogen) atoms. The Hall–Kier alpha value is -1.39. The van der Waals surface area contributed by atoms with Crippen LogP contribution in [0.25, 0.3) is 0 Å². The van der Waals surface area contributed by atoms with Crippen molar-refractivity contribution in [1.29, 1.82) is 0 Å². The molecule has 0 spiro atoms. The van der Waals surface area contributed by atoms with E-state index >= 15 is 0 Å². The number of carbonyl (C=O) groups excluding carboxylic acids is 1. The van der Waals surface area contributed by atoms with Gasteiger partial charge in [0.15, 0.2) is 0 Å². The third kappa shape index (κ3) is 3.68. The number of nitrogens with one attached hydrogen (secondary N) is 2. The molecule has 1 aromatic rings. The molecular weight excluding hydrogens is 274 g/mol. The zero-order valence-corrected chi connectivity index (χ0v) is 13.5. The van der Waals surface area contributed by atoms with E-state index in [1.165, 1.54) is 17.5 Å². The second kappa shape index (κ2) is 7.25. The van der Waals surface area contributed by atoms with Crippen LogP contribution in [0.5, 0.6) is 0 Å². The Labute approximate surface area is 133 Å². The van der Waals surface area contributed by atoms with E-state index in [4.69, 9.17) is 0 Å². The number of fused-ring (bicyclic) bond motifs is 1. The van der Waals surface area contributed by atoms with Crippen LogP contribution in [0.2, 0.25) is 0 Å². The van der Waals surface area contributed by atoms with Gasteiger partial charge in [0.05, 0.1) is 6.04 Å². The summed E-state index contributed by atoms with van der Waals surface area (Å²) in [5, 5.41) is 6.50. The van der Waals surface area contributed by atoms with Gasteiger partial charge >= 0.3 is 0 Å². The van der Waals surface area contributed by atoms with Crippen LogP contribution in [0.3, 0.4) is 0 Å². The predicted octanol–water partition coefficient (Wildman–Crippen LogP) is 1.55. The van der Waals surface area contributed by atoms with Gasteiger partial charge in [-0.15, -0.1) is 0 Å². The number of rotatable bonds is 5. The van der Waals surface area contributed by atoms with Crippen molar-refractivity contribution >= 4 is 5.91 Å². The van der Waals surface area contributed by atoms with Gasteiger partial charge in [-0.3, -0.25) is 9.69 Å². The number of hydrogen-bond acceptors (Lipinski definition) is 3. The van der Waals surface area contributed by atoms with Gasteiger partial charge in [0.2, 0.25) is 5.91 Å². The molecule has 1 saturated heterocycles. The number of hydrogen-bond donors (Lipinski definition) is 2. The molecule has 1 aromatic carbocycles. The first-order chi connectivity index (χ1) is 10.7. The summed E-state index contributed by atoms with van der Waals surface area (Å²) in [6.07, 6.45) is 3.38. The van der Waals surface area contributed by atoms with Gasteiger partial charge in [-0.25, -0.2) is 0 Å². The molecule has 4 heteroatoms. The molecule has 2 unspecified atom stereocenters. The highest BCUT2D eigenvalue weighted by molar-refractivity contribution is 5.81. The van der Waals surface area contributed by atoms with Crippen LogP contribution < -0.4 is 10.6 Å². The maximum atomic E-state index is 12.4. The minimum absolute atomic E-state index is 0.0462. The van der Waals surface area contributed by atoms with Gasteiger partial charge in [0.1, 0.15) is 0 Å². The summed E-state index contributed by atoms with van der Waals surface area (Å²) in [4.78, 5) is 14.6. The van der Waals surface area contributed by atoms with Gasteiger partial charge < -0.3 is 10.6 Å². The van der Waals surface area contributed by atoms with Crippen LogP contribution >= 0.6 is 0 Å². The zero-order chi connectivity index (χ0) is 15.4. The van der Waals surface area contributed by atoms with Crippen molar-refractivity contribution in [2.75, 3.05) is 26.2 Å². The molecule has 1 fully saturated rings. The smallest absolute Gasteiger partial charge is 0.237 e. The SMILES string of the molecule is CC(C(=O)NCCC1CCNC1)N1CCc2ccccc2C1. The normalized spacial score (nSPS) is 23.0. The first-order valence-corrected chi connectivity index (χ1v) is 8.53. The van der Waals surface area contributed by atoms with Crippen molar-refractivity contribution in [1.82, 2.24) is 15.5 Å². The molecule has 0 radical (unpaired) electrons. The number of nitrogens with zero attached hydrogens (tertiary/aromatic N) is 1. The molecular formula is C18H27N3O.